The zero-order valence-corrected chi connectivity index (χ0v) is 16.9. The van der Waals surface area contributed by atoms with E-state index < -0.39 is 10.0 Å². The average Bonchev–Trinajstić information content (AvgIpc) is 3.22. The van der Waals surface area contributed by atoms with Crippen LogP contribution >= 0.6 is 11.3 Å². The Hall–Kier alpha value is -2.01. The summed E-state index contributed by atoms with van der Waals surface area (Å²) in [5.41, 5.74) is 0.276. The molecule has 3 aliphatic heterocycles. The number of ether oxygens (including phenoxy) is 1. The monoisotopic (exact) mass is 422 g/mol. The lowest BCUT2D eigenvalue weighted by atomic mass is 10.1. The van der Waals surface area contributed by atoms with Crippen LogP contribution in [0.4, 0.5) is 0 Å². The van der Waals surface area contributed by atoms with Crippen LogP contribution in [-0.2, 0) is 19.6 Å². The van der Waals surface area contributed by atoms with E-state index in [1.807, 2.05) is 11.4 Å². The lowest BCUT2D eigenvalue weighted by Crippen LogP contribution is -2.46. The van der Waals surface area contributed by atoms with E-state index in [0.717, 1.165) is 13.1 Å². The van der Waals surface area contributed by atoms with Gasteiger partial charge >= 0.3 is 0 Å². The Morgan fingerprint density at radius 1 is 1.32 bits per heavy atom. The fourth-order valence-corrected chi connectivity index (χ4v) is 5.30. The molecule has 0 spiro atoms. The van der Waals surface area contributed by atoms with Gasteiger partial charge in [-0.3, -0.25) is 9.69 Å². The summed E-state index contributed by atoms with van der Waals surface area (Å²) in [4.78, 5) is 18.1. The molecule has 0 aliphatic carbocycles. The van der Waals surface area contributed by atoms with E-state index in [1.165, 1.54) is 4.88 Å². The highest BCUT2D eigenvalue weighted by atomic mass is 32.2. The van der Waals surface area contributed by atoms with E-state index in [0.29, 0.717) is 26.3 Å². The van der Waals surface area contributed by atoms with Gasteiger partial charge in [-0.1, -0.05) is 6.07 Å². The number of fused-ring (bicyclic) bond motifs is 1. The van der Waals surface area contributed by atoms with Crippen molar-refractivity contribution >= 4 is 33.1 Å². The molecule has 1 aromatic heterocycles. The minimum absolute atomic E-state index is 0.0484. The van der Waals surface area contributed by atoms with E-state index in [1.54, 1.807) is 34.6 Å². The second-order valence-electron chi connectivity index (χ2n) is 6.71. The maximum atomic E-state index is 12.9. The third kappa shape index (κ3) is 4.19. The number of hydrogen-bond donors (Lipinski definition) is 1. The number of amides is 1. The first-order chi connectivity index (χ1) is 13.5. The van der Waals surface area contributed by atoms with Crippen molar-refractivity contribution in [2.75, 3.05) is 45.1 Å². The minimum atomic E-state index is -3.53. The molecule has 0 radical (unpaired) electrons. The largest absolute Gasteiger partial charge is 0.379 e. The highest BCUT2D eigenvalue weighted by molar-refractivity contribution is 7.90. The second kappa shape index (κ2) is 8.16. The van der Waals surface area contributed by atoms with Crippen molar-refractivity contribution in [1.82, 2.24) is 15.1 Å². The summed E-state index contributed by atoms with van der Waals surface area (Å²) < 4.78 is 33.0. The lowest BCUT2D eigenvalue weighted by molar-refractivity contribution is -0.117. The van der Waals surface area contributed by atoms with Crippen LogP contribution in [0.15, 0.2) is 45.8 Å². The van der Waals surface area contributed by atoms with Gasteiger partial charge in [0.15, 0.2) is 5.84 Å². The second-order valence-corrected chi connectivity index (χ2v) is 9.44. The normalized spacial score (nSPS) is 22.8. The Balaban J connectivity index is 1.50. The van der Waals surface area contributed by atoms with Gasteiger partial charge in [0, 0.05) is 37.3 Å². The van der Waals surface area contributed by atoms with Crippen molar-refractivity contribution in [2.45, 2.75) is 6.04 Å². The number of carbonyl (C=O) groups is 1. The highest BCUT2D eigenvalue weighted by Gasteiger charge is 2.31. The van der Waals surface area contributed by atoms with Gasteiger partial charge in [0.2, 0.25) is 0 Å². The smallest absolute Gasteiger partial charge is 0.256 e. The van der Waals surface area contributed by atoms with Crippen LogP contribution in [0.2, 0.25) is 0 Å². The van der Waals surface area contributed by atoms with Gasteiger partial charge in [0.1, 0.15) is 0 Å². The molecule has 0 bridgehead atoms. The van der Waals surface area contributed by atoms with Crippen LogP contribution < -0.4 is 5.32 Å². The molecule has 4 heterocycles. The number of rotatable bonds is 5. The van der Waals surface area contributed by atoms with Crippen molar-refractivity contribution < 1.29 is 17.9 Å². The van der Waals surface area contributed by atoms with Crippen LogP contribution in [0.5, 0.6) is 0 Å². The molecule has 150 valence electrons. The van der Waals surface area contributed by atoms with Gasteiger partial charge < -0.3 is 15.0 Å². The lowest BCUT2D eigenvalue weighted by Gasteiger charge is -2.34. The van der Waals surface area contributed by atoms with Crippen molar-refractivity contribution in [3.8, 4) is 0 Å². The zero-order chi connectivity index (χ0) is 19.6. The number of nitrogens with zero attached hydrogens (tertiary/aromatic N) is 3. The molecule has 28 heavy (non-hydrogen) atoms. The van der Waals surface area contributed by atoms with Gasteiger partial charge in [-0.15, -0.1) is 15.7 Å². The Morgan fingerprint density at radius 3 is 2.89 bits per heavy atom. The average molecular weight is 423 g/mol. The van der Waals surface area contributed by atoms with Gasteiger partial charge in [-0.05, 0) is 23.6 Å². The summed E-state index contributed by atoms with van der Waals surface area (Å²) in [6, 6.07) is 4.13. The van der Waals surface area contributed by atoms with Crippen LogP contribution in [-0.4, -0.2) is 75.1 Å². The Bertz CT molecular complexity index is 915. The molecule has 10 heteroatoms. The Labute approximate surface area is 168 Å². The van der Waals surface area contributed by atoms with Gasteiger partial charge in [0.05, 0.1) is 30.6 Å². The molecule has 1 fully saturated rings. The molecule has 1 saturated heterocycles. The molecule has 1 N–H and O–H groups in total. The number of allylic oxidation sites excluding steroid dienone is 2. The van der Waals surface area contributed by atoms with Gasteiger partial charge in [0.25, 0.3) is 15.9 Å². The van der Waals surface area contributed by atoms with Crippen LogP contribution in [0.1, 0.15) is 10.9 Å². The van der Waals surface area contributed by atoms with E-state index in [2.05, 4.69) is 20.7 Å². The predicted molar refractivity (Wildman–Crippen MR) is 108 cm³/mol. The zero-order valence-electron chi connectivity index (χ0n) is 15.3. The third-order valence-corrected chi connectivity index (χ3v) is 7.04. The number of hydrogen-bond acceptors (Lipinski definition) is 7. The van der Waals surface area contributed by atoms with Gasteiger partial charge in [-0.2, -0.15) is 0 Å². The SMILES string of the molecule is O=C(NC[C@H](c1cccs1)N1CCOCC1)C1=CC=CN2CCS(=O)(=O)N=C12. The fourth-order valence-electron chi connectivity index (χ4n) is 3.46. The first-order valence-corrected chi connectivity index (χ1v) is 11.6. The molecule has 1 aromatic rings. The van der Waals surface area contributed by atoms with E-state index >= 15 is 0 Å². The minimum Gasteiger partial charge on any atom is -0.379 e. The maximum Gasteiger partial charge on any atom is 0.256 e. The number of amidine groups is 1. The number of thiophene rings is 1. The maximum absolute atomic E-state index is 12.9. The van der Waals surface area contributed by atoms with Crippen molar-refractivity contribution in [3.63, 3.8) is 0 Å². The van der Waals surface area contributed by atoms with E-state index in [-0.39, 0.29) is 29.1 Å². The van der Waals surface area contributed by atoms with Crippen molar-refractivity contribution in [2.24, 2.45) is 4.40 Å². The molecule has 0 aromatic carbocycles. The molecule has 0 saturated carbocycles. The van der Waals surface area contributed by atoms with Crippen LogP contribution in [0.3, 0.4) is 0 Å². The summed E-state index contributed by atoms with van der Waals surface area (Å²) in [6.07, 6.45) is 5.09. The van der Waals surface area contributed by atoms with Crippen LogP contribution in [0, 0.1) is 0 Å². The summed E-state index contributed by atoms with van der Waals surface area (Å²) in [7, 11) is -3.53. The summed E-state index contributed by atoms with van der Waals surface area (Å²) in [5.74, 6) is -0.168. The first-order valence-electron chi connectivity index (χ1n) is 9.15. The van der Waals surface area contributed by atoms with Crippen molar-refractivity contribution in [1.29, 1.82) is 0 Å². The molecular formula is C18H22N4O4S2. The number of nitrogens with one attached hydrogen (secondary N) is 1. The number of sulfonamides is 1. The topological polar surface area (TPSA) is 91.3 Å². The summed E-state index contributed by atoms with van der Waals surface area (Å²) in [5, 5.41) is 5.01. The number of morpholine rings is 1. The summed E-state index contributed by atoms with van der Waals surface area (Å²) >= 11 is 1.66. The number of carbonyl (C=O) groups excluding carboxylic acids is 1. The van der Waals surface area contributed by atoms with E-state index in [4.69, 9.17) is 4.74 Å². The molecule has 1 amide bonds. The molecule has 1 atom stereocenters. The van der Waals surface area contributed by atoms with Gasteiger partial charge in [-0.25, -0.2) is 8.42 Å². The molecule has 3 aliphatic rings. The third-order valence-electron chi connectivity index (χ3n) is 4.92. The van der Waals surface area contributed by atoms with Crippen LogP contribution in [0.25, 0.3) is 0 Å². The Morgan fingerprint density at radius 2 is 2.14 bits per heavy atom. The predicted octanol–water partition coefficient (Wildman–Crippen LogP) is 0.735. The molecule has 4 rings (SSSR count). The molecular weight excluding hydrogens is 400 g/mol. The highest BCUT2D eigenvalue weighted by Crippen LogP contribution is 2.26. The van der Waals surface area contributed by atoms with E-state index in [9.17, 15) is 13.2 Å². The molecule has 8 nitrogen and oxygen atoms in total. The fraction of sp³-hybridized carbons (Fsp3) is 0.444. The molecule has 0 unspecified atom stereocenters. The quantitative estimate of drug-likeness (QED) is 0.753. The standard InChI is InChI=1S/C18H22N4O4S2/c23-18(14-3-1-5-22-8-12-28(24,25)20-17(14)22)19-13-15(16-4-2-11-27-16)21-6-9-26-10-7-21/h1-5,11,15H,6-10,12-13H2,(H,19,23)/t15-/m1/s1. The summed E-state index contributed by atoms with van der Waals surface area (Å²) in [6.45, 7) is 3.70. The Kier molecular flexibility index (Phi) is 5.63. The first kappa shape index (κ1) is 19.3. The van der Waals surface area contributed by atoms with Crippen molar-refractivity contribution in [3.05, 3.63) is 46.3 Å².